The molecule has 0 aliphatic carbocycles. The van der Waals surface area contributed by atoms with Gasteiger partial charge >= 0.3 is 0 Å². The van der Waals surface area contributed by atoms with E-state index in [9.17, 15) is 9.90 Å². The van der Waals surface area contributed by atoms with E-state index in [1.54, 1.807) is 11.3 Å². The van der Waals surface area contributed by atoms with Crippen LogP contribution in [0.2, 0.25) is 0 Å². The quantitative estimate of drug-likeness (QED) is 0.878. The highest BCUT2D eigenvalue weighted by Crippen LogP contribution is 2.24. The van der Waals surface area contributed by atoms with Gasteiger partial charge in [0, 0.05) is 24.6 Å². The molecule has 1 aromatic rings. The lowest BCUT2D eigenvalue weighted by Gasteiger charge is -2.31. The van der Waals surface area contributed by atoms with E-state index in [0.29, 0.717) is 6.54 Å². The average Bonchev–Trinajstić information content (AvgIpc) is 2.69. The van der Waals surface area contributed by atoms with E-state index in [1.807, 2.05) is 24.8 Å². The Morgan fingerprint density at radius 2 is 2.35 bits per heavy atom. The van der Waals surface area contributed by atoms with Gasteiger partial charge in [0.1, 0.15) is 0 Å². The molecule has 17 heavy (non-hydrogen) atoms. The van der Waals surface area contributed by atoms with Gasteiger partial charge in [-0.05, 0) is 44.2 Å². The van der Waals surface area contributed by atoms with Gasteiger partial charge in [0.15, 0.2) is 0 Å². The number of nitrogens with zero attached hydrogens (tertiary/aromatic N) is 1. The fourth-order valence-corrected chi connectivity index (χ4v) is 3.23. The van der Waals surface area contributed by atoms with Gasteiger partial charge in [0.05, 0.1) is 4.88 Å². The Morgan fingerprint density at radius 1 is 1.59 bits per heavy atom. The Labute approximate surface area is 106 Å². The number of piperidine rings is 1. The fraction of sp³-hybridized carbons (Fsp3) is 0.615. The maximum Gasteiger partial charge on any atom is 0.263 e. The number of aliphatic hydroxyl groups excluding tert-OH is 1. The maximum atomic E-state index is 12.3. The number of rotatable bonds is 2. The number of aryl methyl sites for hydroxylation is 2. The zero-order chi connectivity index (χ0) is 12.4. The Hall–Kier alpha value is -0.870. The first kappa shape index (κ1) is 12.6. The standard InChI is InChI=1S/C13H19NO2S/c1-9-6-12(17-10(9)2)13(16)14-5-3-4-11(7-14)8-15/h6,11,15H,3-5,7-8H2,1-2H3. The minimum Gasteiger partial charge on any atom is -0.396 e. The molecule has 2 heterocycles. The van der Waals surface area contributed by atoms with Crippen LogP contribution in [0.3, 0.4) is 0 Å². The van der Waals surface area contributed by atoms with Crippen LogP contribution in [-0.4, -0.2) is 35.6 Å². The number of thiophene rings is 1. The van der Waals surface area contributed by atoms with Crippen molar-refractivity contribution in [1.29, 1.82) is 0 Å². The van der Waals surface area contributed by atoms with Crippen molar-refractivity contribution in [2.45, 2.75) is 26.7 Å². The molecular formula is C13H19NO2S. The molecule has 1 amide bonds. The number of carbonyl (C=O) groups is 1. The van der Waals surface area contributed by atoms with E-state index in [4.69, 9.17) is 0 Å². The molecule has 0 saturated carbocycles. The predicted molar refractivity (Wildman–Crippen MR) is 69.5 cm³/mol. The summed E-state index contributed by atoms with van der Waals surface area (Å²) in [5.74, 6) is 0.388. The highest BCUT2D eigenvalue weighted by molar-refractivity contribution is 7.14. The van der Waals surface area contributed by atoms with Crippen LogP contribution in [0.1, 0.15) is 33.0 Å². The molecule has 1 saturated heterocycles. The molecule has 1 fully saturated rings. The monoisotopic (exact) mass is 253 g/mol. The predicted octanol–water partition coefficient (Wildman–Crippen LogP) is 2.21. The van der Waals surface area contributed by atoms with Gasteiger partial charge in [-0.3, -0.25) is 4.79 Å². The van der Waals surface area contributed by atoms with Crippen molar-refractivity contribution >= 4 is 17.2 Å². The first-order valence-corrected chi connectivity index (χ1v) is 6.90. The second-order valence-corrected chi connectivity index (χ2v) is 6.05. The van der Waals surface area contributed by atoms with E-state index in [-0.39, 0.29) is 18.4 Å². The molecule has 1 aromatic heterocycles. The second kappa shape index (κ2) is 5.19. The van der Waals surface area contributed by atoms with Crippen molar-refractivity contribution in [3.63, 3.8) is 0 Å². The number of hydrogen-bond acceptors (Lipinski definition) is 3. The van der Waals surface area contributed by atoms with Crippen LogP contribution >= 0.6 is 11.3 Å². The molecule has 1 aliphatic rings. The van der Waals surface area contributed by atoms with Crippen molar-refractivity contribution in [3.05, 3.63) is 21.4 Å². The molecule has 94 valence electrons. The molecule has 0 spiro atoms. The number of aliphatic hydroxyl groups is 1. The highest BCUT2D eigenvalue weighted by atomic mass is 32.1. The van der Waals surface area contributed by atoms with E-state index >= 15 is 0 Å². The topological polar surface area (TPSA) is 40.5 Å². The smallest absolute Gasteiger partial charge is 0.263 e. The van der Waals surface area contributed by atoms with Gasteiger partial charge in [0.25, 0.3) is 5.91 Å². The Morgan fingerprint density at radius 3 is 2.94 bits per heavy atom. The number of amides is 1. The van der Waals surface area contributed by atoms with Gasteiger partial charge in [-0.2, -0.15) is 0 Å². The summed E-state index contributed by atoms with van der Waals surface area (Å²) >= 11 is 1.57. The maximum absolute atomic E-state index is 12.3. The van der Waals surface area contributed by atoms with Crippen LogP contribution in [0.15, 0.2) is 6.07 Å². The lowest BCUT2D eigenvalue weighted by molar-refractivity contribution is 0.0625. The molecule has 1 atom stereocenters. The summed E-state index contributed by atoms with van der Waals surface area (Å²) in [5.41, 5.74) is 1.19. The third-order valence-corrected chi connectivity index (χ3v) is 4.58. The average molecular weight is 253 g/mol. The van der Waals surface area contributed by atoms with Crippen LogP contribution < -0.4 is 0 Å². The molecule has 2 rings (SSSR count). The largest absolute Gasteiger partial charge is 0.396 e. The zero-order valence-electron chi connectivity index (χ0n) is 10.4. The fourth-order valence-electron chi connectivity index (χ4n) is 2.23. The van der Waals surface area contributed by atoms with E-state index in [0.717, 1.165) is 24.3 Å². The summed E-state index contributed by atoms with van der Waals surface area (Å²) in [6, 6.07) is 1.98. The van der Waals surface area contributed by atoms with Crippen LogP contribution in [0.5, 0.6) is 0 Å². The van der Waals surface area contributed by atoms with E-state index < -0.39 is 0 Å². The number of likely N-dealkylation sites (tertiary alicyclic amines) is 1. The molecular weight excluding hydrogens is 234 g/mol. The molecule has 3 nitrogen and oxygen atoms in total. The van der Waals surface area contributed by atoms with E-state index in [1.165, 1.54) is 10.4 Å². The van der Waals surface area contributed by atoms with Gasteiger partial charge < -0.3 is 10.0 Å². The summed E-state index contributed by atoms with van der Waals surface area (Å²) in [5, 5.41) is 9.17. The minimum absolute atomic E-state index is 0.129. The van der Waals surface area contributed by atoms with Gasteiger partial charge in [-0.15, -0.1) is 11.3 Å². The summed E-state index contributed by atoms with van der Waals surface area (Å²) in [4.78, 5) is 16.2. The van der Waals surface area contributed by atoms with Crippen LogP contribution in [0.25, 0.3) is 0 Å². The van der Waals surface area contributed by atoms with E-state index in [2.05, 4.69) is 0 Å². The number of carbonyl (C=O) groups excluding carboxylic acids is 1. The van der Waals surface area contributed by atoms with Crippen LogP contribution in [0, 0.1) is 19.8 Å². The van der Waals surface area contributed by atoms with Crippen LogP contribution in [0.4, 0.5) is 0 Å². The van der Waals surface area contributed by atoms with Crippen molar-refractivity contribution in [1.82, 2.24) is 4.90 Å². The summed E-state index contributed by atoms with van der Waals surface area (Å²) in [6.45, 7) is 5.79. The third-order valence-electron chi connectivity index (χ3n) is 3.44. The minimum atomic E-state index is 0.129. The lowest BCUT2D eigenvalue weighted by Crippen LogP contribution is -2.40. The SMILES string of the molecule is Cc1cc(C(=O)N2CCCC(CO)C2)sc1C. The first-order valence-electron chi connectivity index (χ1n) is 6.09. The van der Waals surface area contributed by atoms with Gasteiger partial charge in [-0.25, -0.2) is 0 Å². The van der Waals surface area contributed by atoms with Crippen molar-refractivity contribution in [3.8, 4) is 0 Å². The molecule has 0 aromatic carbocycles. The molecule has 4 heteroatoms. The zero-order valence-corrected chi connectivity index (χ0v) is 11.2. The lowest BCUT2D eigenvalue weighted by atomic mass is 9.99. The highest BCUT2D eigenvalue weighted by Gasteiger charge is 2.25. The first-order chi connectivity index (χ1) is 8.11. The molecule has 1 unspecified atom stereocenters. The Balaban J connectivity index is 2.09. The Bertz CT molecular complexity index is 394. The second-order valence-electron chi connectivity index (χ2n) is 4.79. The normalized spacial score (nSPS) is 20.6. The summed E-state index contributed by atoms with van der Waals surface area (Å²) < 4.78 is 0. The number of hydrogen-bond donors (Lipinski definition) is 1. The summed E-state index contributed by atoms with van der Waals surface area (Å²) in [6.07, 6.45) is 2.03. The van der Waals surface area contributed by atoms with Gasteiger partial charge in [-0.1, -0.05) is 0 Å². The van der Waals surface area contributed by atoms with Crippen molar-refractivity contribution in [2.75, 3.05) is 19.7 Å². The molecule has 1 aliphatic heterocycles. The molecule has 0 bridgehead atoms. The van der Waals surface area contributed by atoms with Gasteiger partial charge in [0.2, 0.25) is 0 Å². The third kappa shape index (κ3) is 2.69. The van der Waals surface area contributed by atoms with Crippen LogP contribution in [-0.2, 0) is 0 Å². The van der Waals surface area contributed by atoms with Crippen molar-refractivity contribution < 1.29 is 9.90 Å². The Kier molecular flexibility index (Phi) is 3.84. The van der Waals surface area contributed by atoms with Crippen molar-refractivity contribution in [2.24, 2.45) is 5.92 Å². The summed E-state index contributed by atoms with van der Waals surface area (Å²) in [7, 11) is 0. The molecule has 1 N–H and O–H groups in total. The molecule has 0 radical (unpaired) electrons.